The van der Waals surface area contributed by atoms with Crippen molar-refractivity contribution in [2.75, 3.05) is 27.3 Å². The fraction of sp³-hybridized carbons (Fsp3) is 0.289. The van der Waals surface area contributed by atoms with E-state index in [-0.39, 0.29) is 35.6 Å². The SMILES string of the molecule is COC(=O)NC(C(=O)N1CCC[C@H]1c1nc(C(F)(F)F)c(-c2ccc(-c3ncc(-c4cnc([C@@H]5CCCN5C(=O)[C@H](NC(=O)OC)c5ccccc5)[nH]4)cn3)cc2)[nH]1)c1ccccc1. The lowest BCUT2D eigenvalue weighted by atomic mass is 10.1. The maximum atomic E-state index is 14.6. The topological polar surface area (TPSA) is 200 Å². The van der Waals surface area contributed by atoms with Crippen molar-refractivity contribution in [3.63, 3.8) is 0 Å². The number of amides is 4. The second-order valence-electron chi connectivity index (χ2n) is 15.2. The molecule has 8 rings (SSSR count). The molecule has 0 spiro atoms. The van der Waals surface area contributed by atoms with Gasteiger partial charge in [0.2, 0.25) is 0 Å². The molecule has 1 unspecified atom stereocenters. The molecule has 2 saturated heterocycles. The number of H-pyrrole nitrogens is 2. The predicted molar refractivity (Wildman–Crippen MR) is 224 cm³/mol. The van der Waals surface area contributed by atoms with Gasteiger partial charge in [-0.05, 0) is 36.8 Å². The summed E-state index contributed by atoms with van der Waals surface area (Å²) in [7, 11) is 2.41. The summed E-state index contributed by atoms with van der Waals surface area (Å²) in [4.78, 5) is 79.2. The van der Waals surface area contributed by atoms with Crippen LogP contribution in [-0.4, -0.2) is 91.0 Å². The van der Waals surface area contributed by atoms with E-state index in [9.17, 15) is 32.3 Å². The highest BCUT2D eigenvalue weighted by atomic mass is 19.4. The molecular weight excluding hydrogens is 834 g/mol. The predicted octanol–water partition coefficient (Wildman–Crippen LogP) is 7.46. The van der Waals surface area contributed by atoms with Crippen molar-refractivity contribution in [3.05, 3.63) is 132 Å². The Morgan fingerprint density at radius 3 is 1.66 bits per heavy atom. The monoisotopic (exact) mass is 876 g/mol. The largest absolute Gasteiger partial charge is 0.453 e. The van der Waals surface area contributed by atoms with Crippen LogP contribution in [0.3, 0.4) is 0 Å². The number of aromatic nitrogens is 6. The molecule has 4 atom stereocenters. The number of nitrogens with zero attached hydrogens (tertiary/aromatic N) is 6. The Bertz CT molecular complexity index is 2610. The van der Waals surface area contributed by atoms with Gasteiger partial charge >= 0.3 is 18.4 Å². The lowest BCUT2D eigenvalue weighted by Gasteiger charge is -2.28. The van der Waals surface area contributed by atoms with Crippen molar-refractivity contribution in [1.82, 2.24) is 50.3 Å². The molecule has 0 radical (unpaired) electrons. The number of likely N-dealkylation sites (tertiary alicyclic amines) is 2. The van der Waals surface area contributed by atoms with E-state index in [2.05, 4.69) is 40.5 Å². The third-order valence-corrected chi connectivity index (χ3v) is 11.3. The van der Waals surface area contributed by atoms with Gasteiger partial charge in [0, 0.05) is 42.2 Å². The van der Waals surface area contributed by atoms with Crippen LogP contribution in [0.1, 0.15) is 78.3 Å². The highest BCUT2D eigenvalue weighted by Gasteiger charge is 2.42. The first-order chi connectivity index (χ1) is 30.9. The van der Waals surface area contributed by atoms with E-state index in [1.54, 1.807) is 90.2 Å². The molecule has 4 amide bonds. The van der Waals surface area contributed by atoms with Crippen LogP contribution in [0, 0.1) is 0 Å². The van der Waals surface area contributed by atoms with Crippen molar-refractivity contribution in [3.8, 4) is 33.9 Å². The molecule has 16 nitrogen and oxygen atoms in total. The van der Waals surface area contributed by atoms with Gasteiger partial charge in [0.15, 0.2) is 11.5 Å². The molecule has 330 valence electrons. The van der Waals surface area contributed by atoms with Gasteiger partial charge in [-0.25, -0.2) is 29.5 Å². The molecule has 2 aliphatic rings. The number of aromatic amines is 2. The van der Waals surface area contributed by atoms with Crippen LogP contribution < -0.4 is 10.6 Å². The number of rotatable bonds is 11. The Balaban J connectivity index is 0.982. The maximum absolute atomic E-state index is 14.6. The minimum atomic E-state index is -4.82. The van der Waals surface area contributed by atoms with Crippen molar-refractivity contribution in [2.24, 2.45) is 0 Å². The highest BCUT2D eigenvalue weighted by molar-refractivity contribution is 5.88. The zero-order chi connectivity index (χ0) is 45.0. The van der Waals surface area contributed by atoms with E-state index in [0.717, 1.165) is 6.42 Å². The minimum absolute atomic E-state index is 0.0257. The van der Waals surface area contributed by atoms with Crippen molar-refractivity contribution >= 4 is 24.0 Å². The summed E-state index contributed by atoms with van der Waals surface area (Å²) in [5.41, 5.74) is 1.68. The molecule has 64 heavy (non-hydrogen) atoms. The number of carbonyl (C=O) groups excluding carboxylic acids is 4. The maximum Gasteiger partial charge on any atom is 0.435 e. The van der Waals surface area contributed by atoms with Crippen molar-refractivity contribution < 1.29 is 41.8 Å². The number of methoxy groups -OCH3 is 2. The van der Waals surface area contributed by atoms with Gasteiger partial charge in [-0.1, -0.05) is 84.9 Å². The smallest absolute Gasteiger partial charge is 0.435 e. The lowest BCUT2D eigenvalue weighted by Crippen LogP contribution is -2.42. The van der Waals surface area contributed by atoms with E-state index in [0.29, 0.717) is 65.4 Å². The number of hydrogen-bond donors (Lipinski definition) is 4. The first-order valence-electron chi connectivity index (χ1n) is 20.5. The molecule has 4 N–H and O–H groups in total. The van der Waals surface area contributed by atoms with Gasteiger partial charge in [0.1, 0.15) is 23.7 Å². The summed E-state index contributed by atoms with van der Waals surface area (Å²) >= 11 is 0. The van der Waals surface area contributed by atoms with Crippen LogP contribution in [-0.2, 0) is 25.2 Å². The molecule has 3 aromatic carbocycles. The molecule has 5 heterocycles. The third kappa shape index (κ3) is 9.00. The number of hydrogen-bond acceptors (Lipinski definition) is 10. The first kappa shape index (κ1) is 43.1. The van der Waals surface area contributed by atoms with Crippen LogP contribution in [0.5, 0.6) is 0 Å². The van der Waals surface area contributed by atoms with E-state index >= 15 is 0 Å². The number of benzene rings is 3. The first-order valence-corrected chi connectivity index (χ1v) is 20.5. The Hall–Kier alpha value is -7.57. The number of ether oxygens (including phenoxy) is 2. The zero-order valence-corrected chi connectivity index (χ0v) is 34.6. The van der Waals surface area contributed by atoms with Gasteiger partial charge in [-0.15, -0.1) is 0 Å². The summed E-state index contributed by atoms with van der Waals surface area (Å²) in [5.74, 6) is 0.0500. The Morgan fingerprint density at radius 1 is 0.656 bits per heavy atom. The Morgan fingerprint density at radius 2 is 1.16 bits per heavy atom. The third-order valence-electron chi connectivity index (χ3n) is 11.3. The van der Waals surface area contributed by atoms with Gasteiger partial charge in [-0.3, -0.25) is 9.59 Å². The van der Waals surface area contributed by atoms with Crippen LogP contribution >= 0.6 is 0 Å². The van der Waals surface area contributed by atoms with E-state index in [1.165, 1.54) is 31.3 Å². The van der Waals surface area contributed by atoms with Gasteiger partial charge in [0.05, 0.1) is 43.9 Å². The van der Waals surface area contributed by atoms with Crippen LogP contribution in [0.25, 0.3) is 33.9 Å². The fourth-order valence-corrected chi connectivity index (χ4v) is 8.20. The fourth-order valence-electron chi connectivity index (χ4n) is 8.20. The van der Waals surface area contributed by atoms with Gasteiger partial charge < -0.3 is 39.9 Å². The van der Waals surface area contributed by atoms with Crippen LogP contribution in [0.4, 0.5) is 22.8 Å². The van der Waals surface area contributed by atoms with E-state index < -0.39 is 48.1 Å². The second kappa shape index (κ2) is 18.4. The Labute approximate surface area is 364 Å². The average molecular weight is 877 g/mol. The summed E-state index contributed by atoms with van der Waals surface area (Å²) in [6.45, 7) is 0.713. The van der Waals surface area contributed by atoms with E-state index in [4.69, 9.17) is 9.47 Å². The van der Waals surface area contributed by atoms with Gasteiger partial charge in [-0.2, -0.15) is 13.2 Å². The standard InChI is InChI=1S/C45H43F3N10O6/c1-63-43(61)54-35(26-11-5-3-6-12-26)41(59)57-21-9-15-32(57)39-51-25-31(52-39)30-23-49-38(50-24-30)29-19-17-28(18-20-29)34-37(45(46,47)48)56-40(53-34)33-16-10-22-58(33)42(60)36(55-44(62)64-2)27-13-7-4-8-14-27/h3-8,11-14,17-20,23-25,32-33,35-36H,9-10,15-16,21-22H2,1-2H3,(H,51,52)(H,53,56)(H,54,61)(H,55,62)/t32-,33-,35+,36?/m0/s1. The number of alkyl carbamates (subject to hydrolysis) is 2. The molecule has 19 heteroatoms. The van der Waals surface area contributed by atoms with Crippen LogP contribution in [0.15, 0.2) is 104 Å². The number of halogens is 3. The summed E-state index contributed by atoms with van der Waals surface area (Å²) in [6, 6.07) is 20.4. The Kier molecular flexibility index (Phi) is 12.4. The molecule has 0 aliphatic carbocycles. The second-order valence-corrected chi connectivity index (χ2v) is 15.2. The highest BCUT2D eigenvalue weighted by Crippen LogP contribution is 2.41. The van der Waals surface area contributed by atoms with Gasteiger partial charge in [0.25, 0.3) is 11.8 Å². The van der Waals surface area contributed by atoms with Crippen molar-refractivity contribution in [2.45, 2.75) is 56.0 Å². The van der Waals surface area contributed by atoms with Crippen LogP contribution in [0.2, 0.25) is 0 Å². The summed E-state index contributed by atoms with van der Waals surface area (Å²) < 4.78 is 53.2. The number of imidazole rings is 2. The zero-order valence-electron chi connectivity index (χ0n) is 34.6. The van der Waals surface area contributed by atoms with Crippen molar-refractivity contribution in [1.29, 1.82) is 0 Å². The quantitative estimate of drug-likeness (QED) is 0.101. The molecule has 0 saturated carbocycles. The summed E-state index contributed by atoms with van der Waals surface area (Å²) in [5, 5.41) is 5.21. The molecule has 2 fully saturated rings. The average Bonchev–Trinajstić information content (AvgIpc) is 4.17. The molecule has 3 aromatic heterocycles. The molecular formula is C45H43F3N10O6. The van der Waals surface area contributed by atoms with E-state index in [1.807, 2.05) is 6.07 Å². The number of alkyl halides is 3. The number of nitrogens with one attached hydrogen (secondary N) is 4. The molecule has 6 aromatic rings. The number of carbonyl (C=O) groups is 4. The minimum Gasteiger partial charge on any atom is -0.453 e. The molecule has 0 bridgehead atoms. The molecule has 2 aliphatic heterocycles. The summed E-state index contributed by atoms with van der Waals surface area (Å²) in [6.07, 6.45) is 0.683. The lowest BCUT2D eigenvalue weighted by molar-refractivity contribution is -0.140. The normalized spacial score (nSPS) is 17.1.